The molecule has 18 heavy (non-hydrogen) atoms. The molecule has 1 aliphatic heterocycles. The van der Waals surface area contributed by atoms with Crippen molar-refractivity contribution >= 4 is 5.91 Å². The average molecular weight is 244 g/mol. The highest BCUT2D eigenvalue weighted by atomic mass is 16.2. The van der Waals surface area contributed by atoms with Crippen LogP contribution in [0.3, 0.4) is 0 Å². The largest absolute Gasteiger partial charge is 0.339 e. The third-order valence-electron chi connectivity index (χ3n) is 3.28. The first-order chi connectivity index (χ1) is 8.74. The molecule has 0 bridgehead atoms. The quantitative estimate of drug-likeness (QED) is 0.590. The first-order valence-corrected chi connectivity index (χ1v) is 6.00. The minimum atomic E-state index is 0.0231. The maximum Gasteiger partial charge on any atom is 0.253 e. The van der Waals surface area contributed by atoms with Crippen molar-refractivity contribution in [2.45, 2.75) is 18.9 Å². The second kappa shape index (κ2) is 5.63. The van der Waals surface area contributed by atoms with E-state index in [4.69, 9.17) is 11.1 Å². The third-order valence-corrected chi connectivity index (χ3v) is 3.28. The summed E-state index contributed by atoms with van der Waals surface area (Å²) >= 11 is 0. The highest BCUT2D eigenvalue weighted by molar-refractivity contribution is 5.94. The van der Waals surface area contributed by atoms with Crippen LogP contribution in [0.2, 0.25) is 0 Å². The number of carbonyl (C=O) groups excluding carboxylic acids is 1. The van der Waals surface area contributed by atoms with Gasteiger partial charge >= 0.3 is 0 Å². The van der Waals surface area contributed by atoms with Gasteiger partial charge in [-0.1, -0.05) is 0 Å². The Labute approximate surface area is 106 Å². The van der Waals surface area contributed by atoms with Gasteiger partial charge in [0.15, 0.2) is 0 Å². The molecular weight excluding hydrogens is 228 g/mol. The van der Waals surface area contributed by atoms with Gasteiger partial charge in [-0.15, -0.1) is 0 Å². The molecule has 0 aromatic heterocycles. The molecule has 1 aliphatic rings. The maximum absolute atomic E-state index is 12.2. The first-order valence-electron chi connectivity index (χ1n) is 6.00. The zero-order chi connectivity index (χ0) is 13.0. The summed E-state index contributed by atoms with van der Waals surface area (Å²) in [6.45, 7) is 1.43. The number of likely N-dealkylation sites (tertiary alicyclic amines) is 1. The van der Waals surface area contributed by atoms with Crippen LogP contribution in [0.1, 0.15) is 28.8 Å². The second-order valence-electron chi connectivity index (χ2n) is 4.42. The average Bonchev–Trinajstić information content (AvgIpc) is 2.47. The predicted molar refractivity (Wildman–Crippen MR) is 67.4 cm³/mol. The van der Waals surface area contributed by atoms with E-state index in [1.807, 2.05) is 11.0 Å². The van der Waals surface area contributed by atoms with Crippen molar-refractivity contribution in [2.24, 2.45) is 5.84 Å². The molecule has 1 aromatic rings. The van der Waals surface area contributed by atoms with Gasteiger partial charge in [0.2, 0.25) is 0 Å². The topological polar surface area (TPSA) is 82.2 Å². The van der Waals surface area contributed by atoms with Crippen molar-refractivity contribution in [3.8, 4) is 6.07 Å². The molecule has 2 rings (SSSR count). The number of nitrogens with zero attached hydrogens (tertiary/aromatic N) is 2. The minimum Gasteiger partial charge on any atom is -0.339 e. The highest BCUT2D eigenvalue weighted by Gasteiger charge is 2.22. The number of benzene rings is 1. The molecule has 0 spiro atoms. The summed E-state index contributed by atoms with van der Waals surface area (Å²) < 4.78 is 0. The van der Waals surface area contributed by atoms with E-state index in [0.717, 1.165) is 12.8 Å². The SMILES string of the molecule is N#Cc1ccc(C(=O)N2CCC(NN)CC2)cc1. The molecule has 0 atom stereocenters. The van der Waals surface area contributed by atoms with Gasteiger partial charge in [0.05, 0.1) is 11.6 Å². The van der Waals surface area contributed by atoms with Crippen molar-refractivity contribution in [1.82, 2.24) is 10.3 Å². The van der Waals surface area contributed by atoms with E-state index >= 15 is 0 Å². The molecule has 94 valence electrons. The van der Waals surface area contributed by atoms with Gasteiger partial charge in [-0.25, -0.2) is 0 Å². The van der Waals surface area contributed by atoms with E-state index in [1.54, 1.807) is 24.3 Å². The molecule has 1 heterocycles. The number of hydrogen-bond acceptors (Lipinski definition) is 4. The zero-order valence-electron chi connectivity index (χ0n) is 10.1. The Hall–Kier alpha value is -1.90. The summed E-state index contributed by atoms with van der Waals surface area (Å²) in [6.07, 6.45) is 1.75. The van der Waals surface area contributed by atoms with E-state index < -0.39 is 0 Å². The Morgan fingerprint density at radius 1 is 1.33 bits per heavy atom. The van der Waals surface area contributed by atoms with E-state index in [2.05, 4.69) is 5.43 Å². The number of hydrazine groups is 1. The number of carbonyl (C=O) groups is 1. The van der Waals surface area contributed by atoms with E-state index in [9.17, 15) is 4.79 Å². The van der Waals surface area contributed by atoms with Crippen LogP contribution in [-0.4, -0.2) is 29.9 Å². The van der Waals surface area contributed by atoms with Crippen molar-refractivity contribution in [2.75, 3.05) is 13.1 Å². The van der Waals surface area contributed by atoms with Crippen LogP contribution in [0.15, 0.2) is 24.3 Å². The van der Waals surface area contributed by atoms with E-state index in [1.165, 1.54) is 0 Å². The second-order valence-corrected chi connectivity index (χ2v) is 4.42. The van der Waals surface area contributed by atoms with Crippen molar-refractivity contribution in [3.63, 3.8) is 0 Å². The summed E-state index contributed by atoms with van der Waals surface area (Å²) in [5, 5.41) is 8.71. The Morgan fingerprint density at radius 3 is 2.44 bits per heavy atom. The smallest absolute Gasteiger partial charge is 0.253 e. The predicted octanol–water partition coefficient (Wildman–Crippen LogP) is 0.626. The molecule has 0 radical (unpaired) electrons. The lowest BCUT2D eigenvalue weighted by molar-refractivity contribution is 0.0705. The van der Waals surface area contributed by atoms with Gasteiger partial charge in [-0.3, -0.25) is 16.1 Å². The Morgan fingerprint density at radius 2 is 1.94 bits per heavy atom. The Bertz CT molecular complexity index is 455. The lowest BCUT2D eigenvalue weighted by Gasteiger charge is -2.31. The van der Waals surface area contributed by atoms with Gasteiger partial charge < -0.3 is 4.90 Å². The molecule has 0 unspecified atom stereocenters. The normalized spacial score (nSPS) is 16.3. The first kappa shape index (κ1) is 12.6. The number of piperidine rings is 1. The van der Waals surface area contributed by atoms with Crippen molar-refractivity contribution in [1.29, 1.82) is 5.26 Å². The summed E-state index contributed by atoms with van der Waals surface area (Å²) in [5.74, 6) is 5.41. The number of amides is 1. The van der Waals surface area contributed by atoms with E-state index in [-0.39, 0.29) is 5.91 Å². The Balaban J connectivity index is 2.01. The standard InChI is InChI=1S/C13H16N4O/c14-9-10-1-3-11(4-2-10)13(18)17-7-5-12(16-15)6-8-17/h1-4,12,16H,5-8,15H2. The summed E-state index contributed by atoms with van der Waals surface area (Å²) in [4.78, 5) is 14.0. The third kappa shape index (κ3) is 2.67. The van der Waals surface area contributed by atoms with Crippen LogP contribution in [-0.2, 0) is 0 Å². The molecular formula is C13H16N4O. The van der Waals surface area contributed by atoms with Crippen LogP contribution in [0.4, 0.5) is 0 Å². The number of nitrogens with one attached hydrogen (secondary N) is 1. The molecule has 0 aliphatic carbocycles. The van der Waals surface area contributed by atoms with Crippen molar-refractivity contribution < 1.29 is 4.79 Å². The summed E-state index contributed by atoms with van der Waals surface area (Å²) in [5.41, 5.74) is 3.94. The molecule has 1 fully saturated rings. The number of rotatable bonds is 2. The number of hydrogen-bond donors (Lipinski definition) is 2. The zero-order valence-corrected chi connectivity index (χ0v) is 10.1. The Kier molecular flexibility index (Phi) is 3.92. The summed E-state index contributed by atoms with van der Waals surface area (Å²) in [7, 11) is 0. The van der Waals surface area contributed by atoms with Crippen LogP contribution in [0.25, 0.3) is 0 Å². The van der Waals surface area contributed by atoms with Crippen LogP contribution in [0, 0.1) is 11.3 Å². The fourth-order valence-corrected chi connectivity index (χ4v) is 2.12. The lowest BCUT2D eigenvalue weighted by Crippen LogP contribution is -2.46. The van der Waals surface area contributed by atoms with Crippen molar-refractivity contribution in [3.05, 3.63) is 35.4 Å². The minimum absolute atomic E-state index is 0.0231. The molecule has 0 saturated carbocycles. The van der Waals surface area contributed by atoms with Gasteiger partial charge in [0.25, 0.3) is 5.91 Å². The van der Waals surface area contributed by atoms with Crippen LogP contribution >= 0.6 is 0 Å². The van der Waals surface area contributed by atoms with Gasteiger partial charge in [0, 0.05) is 24.7 Å². The number of nitriles is 1. The van der Waals surface area contributed by atoms with Gasteiger partial charge in [-0.05, 0) is 37.1 Å². The molecule has 3 N–H and O–H groups in total. The molecule has 1 amide bonds. The molecule has 5 heteroatoms. The monoisotopic (exact) mass is 244 g/mol. The fourth-order valence-electron chi connectivity index (χ4n) is 2.12. The lowest BCUT2D eigenvalue weighted by atomic mass is 10.0. The molecule has 1 aromatic carbocycles. The van der Waals surface area contributed by atoms with Crippen LogP contribution < -0.4 is 11.3 Å². The molecule has 5 nitrogen and oxygen atoms in total. The van der Waals surface area contributed by atoms with Gasteiger partial charge in [0.1, 0.15) is 0 Å². The van der Waals surface area contributed by atoms with Crippen LogP contribution in [0.5, 0.6) is 0 Å². The molecule has 1 saturated heterocycles. The summed E-state index contributed by atoms with van der Waals surface area (Å²) in [6, 6.07) is 9.08. The van der Waals surface area contributed by atoms with E-state index in [0.29, 0.717) is 30.3 Å². The van der Waals surface area contributed by atoms with Gasteiger partial charge in [-0.2, -0.15) is 5.26 Å². The fraction of sp³-hybridized carbons (Fsp3) is 0.385. The highest BCUT2D eigenvalue weighted by Crippen LogP contribution is 2.14. The maximum atomic E-state index is 12.2. The number of nitrogens with two attached hydrogens (primary N) is 1.